The largest absolute Gasteiger partial charge is 0.357 e. The van der Waals surface area contributed by atoms with Crippen molar-refractivity contribution in [2.24, 2.45) is 4.99 Å². The smallest absolute Gasteiger partial charge is 0.225 e. The van der Waals surface area contributed by atoms with Gasteiger partial charge in [-0.15, -0.1) is 24.0 Å². The van der Waals surface area contributed by atoms with Gasteiger partial charge in [0.2, 0.25) is 5.91 Å². The van der Waals surface area contributed by atoms with E-state index in [-0.39, 0.29) is 35.8 Å². The zero-order valence-electron chi connectivity index (χ0n) is 17.3. The number of aromatic nitrogens is 3. The molecule has 4 N–H and O–H groups in total. The van der Waals surface area contributed by atoms with E-state index in [9.17, 15) is 4.79 Å². The molecule has 2 heterocycles. The molecule has 3 aromatic rings. The van der Waals surface area contributed by atoms with Crippen LogP contribution in [0.5, 0.6) is 0 Å². The van der Waals surface area contributed by atoms with Gasteiger partial charge in [-0.3, -0.25) is 9.89 Å². The summed E-state index contributed by atoms with van der Waals surface area (Å²) in [7, 11) is 0. The molecule has 162 valence electrons. The standard InChI is InChI=1S/C22H25N7O.HI/c1-2-23-22(24-12-15-6-5-7-16(10-15)21-26-14-27-29-21)25-13-17-11-20(30)28-19-9-4-3-8-18(17)19;/h3-10,14,17H,2,11-13H2,1H3,(H,28,30)(H2,23,24,25)(H,26,27,29);1H. The van der Waals surface area contributed by atoms with Crippen molar-refractivity contribution in [2.45, 2.75) is 25.8 Å². The molecule has 0 spiro atoms. The van der Waals surface area contributed by atoms with Gasteiger partial charge in [0.05, 0.1) is 6.54 Å². The number of carbonyl (C=O) groups is 1. The Balaban J connectivity index is 0.00000272. The van der Waals surface area contributed by atoms with Gasteiger partial charge in [0.1, 0.15) is 6.33 Å². The van der Waals surface area contributed by atoms with Crippen molar-refractivity contribution in [1.29, 1.82) is 0 Å². The molecule has 8 nitrogen and oxygen atoms in total. The Bertz CT molecular complexity index is 1040. The fourth-order valence-electron chi connectivity index (χ4n) is 3.58. The van der Waals surface area contributed by atoms with E-state index in [0.717, 1.165) is 40.7 Å². The third kappa shape index (κ3) is 5.81. The van der Waals surface area contributed by atoms with Crippen molar-refractivity contribution in [2.75, 3.05) is 18.4 Å². The maximum atomic E-state index is 12.0. The van der Waals surface area contributed by atoms with Crippen molar-refractivity contribution in [3.63, 3.8) is 0 Å². The summed E-state index contributed by atoms with van der Waals surface area (Å²) in [6, 6.07) is 16.0. The van der Waals surface area contributed by atoms with Crippen LogP contribution >= 0.6 is 24.0 Å². The molecule has 4 rings (SSSR count). The molecule has 0 aliphatic carbocycles. The monoisotopic (exact) mass is 531 g/mol. The number of nitrogens with zero attached hydrogens (tertiary/aromatic N) is 3. The SMILES string of the molecule is CCNC(=NCc1cccc(-c2ncn[nH]2)c1)NCC1CC(=O)Nc2ccccc21.I. The number of benzene rings is 2. The van der Waals surface area contributed by atoms with Crippen LogP contribution in [-0.4, -0.2) is 40.1 Å². The molecule has 1 aliphatic heterocycles. The Kier molecular flexibility index (Phi) is 7.99. The summed E-state index contributed by atoms with van der Waals surface area (Å²) in [6.07, 6.45) is 1.96. The van der Waals surface area contributed by atoms with E-state index in [1.807, 2.05) is 43.3 Å². The fourth-order valence-corrected chi connectivity index (χ4v) is 3.58. The number of hydrogen-bond donors (Lipinski definition) is 4. The van der Waals surface area contributed by atoms with E-state index in [1.165, 1.54) is 6.33 Å². The molecular weight excluding hydrogens is 505 g/mol. The maximum absolute atomic E-state index is 12.0. The first-order valence-corrected chi connectivity index (χ1v) is 10.1. The molecule has 0 saturated carbocycles. The predicted octanol–water partition coefficient (Wildman–Crippen LogP) is 3.27. The van der Waals surface area contributed by atoms with Gasteiger partial charge in [0.15, 0.2) is 11.8 Å². The van der Waals surface area contributed by atoms with Gasteiger partial charge in [-0.1, -0.05) is 36.4 Å². The van der Waals surface area contributed by atoms with Crippen LogP contribution in [0.25, 0.3) is 11.4 Å². The third-order valence-electron chi connectivity index (χ3n) is 5.00. The summed E-state index contributed by atoms with van der Waals surface area (Å²) in [6.45, 7) is 3.95. The van der Waals surface area contributed by atoms with Crippen molar-refractivity contribution in [3.8, 4) is 11.4 Å². The Morgan fingerprint density at radius 3 is 2.87 bits per heavy atom. The van der Waals surface area contributed by atoms with Gasteiger partial charge in [-0.25, -0.2) is 9.98 Å². The van der Waals surface area contributed by atoms with E-state index in [4.69, 9.17) is 4.99 Å². The van der Waals surface area contributed by atoms with E-state index in [1.54, 1.807) is 0 Å². The average Bonchev–Trinajstić information content (AvgIpc) is 3.30. The van der Waals surface area contributed by atoms with E-state index in [0.29, 0.717) is 19.5 Å². The average molecular weight is 531 g/mol. The van der Waals surface area contributed by atoms with Crippen molar-refractivity contribution in [3.05, 3.63) is 66.0 Å². The van der Waals surface area contributed by atoms with Gasteiger partial charge in [-0.2, -0.15) is 5.10 Å². The zero-order chi connectivity index (χ0) is 20.8. The summed E-state index contributed by atoms with van der Waals surface area (Å²) in [4.78, 5) is 21.0. The van der Waals surface area contributed by atoms with Crippen LogP contribution in [0.15, 0.2) is 59.9 Å². The van der Waals surface area contributed by atoms with Gasteiger partial charge in [-0.05, 0) is 30.2 Å². The summed E-state index contributed by atoms with van der Waals surface area (Å²) in [5.41, 5.74) is 4.10. The first-order chi connectivity index (χ1) is 14.7. The number of anilines is 1. The Morgan fingerprint density at radius 2 is 2.06 bits per heavy atom. The van der Waals surface area contributed by atoms with Crippen molar-refractivity contribution in [1.82, 2.24) is 25.8 Å². The first kappa shape index (κ1) is 22.7. The molecule has 1 atom stereocenters. The number of para-hydroxylation sites is 1. The highest BCUT2D eigenvalue weighted by molar-refractivity contribution is 14.0. The second kappa shape index (κ2) is 10.9. The Hall–Kier alpha value is -2.95. The second-order valence-corrected chi connectivity index (χ2v) is 7.15. The Morgan fingerprint density at radius 1 is 1.19 bits per heavy atom. The number of rotatable bonds is 6. The quantitative estimate of drug-likeness (QED) is 0.222. The molecule has 1 unspecified atom stereocenters. The molecule has 2 aromatic carbocycles. The van der Waals surface area contributed by atoms with Crippen LogP contribution < -0.4 is 16.0 Å². The van der Waals surface area contributed by atoms with E-state index < -0.39 is 0 Å². The minimum absolute atomic E-state index is 0. The summed E-state index contributed by atoms with van der Waals surface area (Å²) >= 11 is 0. The molecule has 0 saturated heterocycles. The molecule has 1 aliphatic rings. The van der Waals surface area contributed by atoms with Crippen LogP contribution in [-0.2, 0) is 11.3 Å². The number of nitrogens with one attached hydrogen (secondary N) is 4. The molecule has 1 amide bonds. The fraction of sp³-hybridized carbons (Fsp3) is 0.273. The summed E-state index contributed by atoms with van der Waals surface area (Å²) in [5, 5.41) is 16.4. The third-order valence-corrected chi connectivity index (χ3v) is 5.00. The van der Waals surface area contributed by atoms with Gasteiger partial charge in [0, 0.05) is 36.7 Å². The lowest BCUT2D eigenvalue weighted by molar-refractivity contribution is -0.116. The van der Waals surface area contributed by atoms with Crippen LogP contribution in [0.2, 0.25) is 0 Å². The van der Waals surface area contributed by atoms with E-state index in [2.05, 4.69) is 43.3 Å². The number of H-pyrrole nitrogens is 1. The lowest BCUT2D eigenvalue weighted by Crippen LogP contribution is -2.40. The second-order valence-electron chi connectivity index (χ2n) is 7.15. The summed E-state index contributed by atoms with van der Waals surface area (Å²) < 4.78 is 0. The molecule has 1 aromatic heterocycles. The van der Waals surface area contributed by atoms with Gasteiger partial charge >= 0.3 is 0 Å². The minimum atomic E-state index is 0. The number of hydrogen-bond acceptors (Lipinski definition) is 4. The van der Waals surface area contributed by atoms with Gasteiger partial charge < -0.3 is 16.0 Å². The molecular formula is C22H26IN7O. The van der Waals surface area contributed by atoms with E-state index >= 15 is 0 Å². The maximum Gasteiger partial charge on any atom is 0.225 e. The number of guanidine groups is 1. The van der Waals surface area contributed by atoms with Crippen LogP contribution in [0.1, 0.15) is 30.4 Å². The van der Waals surface area contributed by atoms with Crippen molar-refractivity contribution < 1.29 is 4.79 Å². The summed E-state index contributed by atoms with van der Waals surface area (Å²) in [5.74, 6) is 1.62. The predicted molar refractivity (Wildman–Crippen MR) is 132 cm³/mol. The molecule has 0 bridgehead atoms. The number of carbonyl (C=O) groups excluding carboxylic acids is 1. The van der Waals surface area contributed by atoms with Crippen molar-refractivity contribution >= 4 is 41.5 Å². The highest BCUT2D eigenvalue weighted by Gasteiger charge is 2.24. The highest BCUT2D eigenvalue weighted by atomic mass is 127. The first-order valence-electron chi connectivity index (χ1n) is 10.1. The number of aromatic amines is 1. The number of amides is 1. The topological polar surface area (TPSA) is 107 Å². The zero-order valence-corrected chi connectivity index (χ0v) is 19.6. The lowest BCUT2D eigenvalue weighted by atomic mass is 9.90. The molecule has 0 radical (unpaired) electrons. The van der Waals surface area contributed by atoms with Crippen LogP contribution in [0.3, 0.4) is 0 Å². The number of halogens is 1. The highest BCUT2D eigenvalue weighted by Crippen LogP contribution is 2.31. The van der Waals surface area contributed by atoms with Gasteiger partial charge in [0.25, 0.3) is 0 Å². The molecule has 0 fully saturated rings. The number of aliphatic imine (C=N–C) groups is 1. The van der Waals surface area contributed by atoms with Crippen LogP contribution in [0, 0.1) is 0 Å². The number of fused-ring (bicyclic) bond motifs is 1. The normalized spacial score (nSPS) is 15.5. The molecule has 9 heteroatoms. The lowest BCUT2D eigenvalue weighted by Gasteiger charge is -2.26. The Labute approximate surface area is 198 Å². The molecule has 31 heavy (non-hydrogen) atoms. The van der Waals surface area contributed by atoms with Crippen LogP contribution in [0.4, 0.5) is 5.69 Å². The minimum Gasteiger partial charge on any atom is -0.357 e.